The summed E-state index contributed by atoms with van der Waals surface area (Å²) in [6, 6.07) is 4.49. The molecule has 130 valence electrons. The molecule has 23 heavy (non-hydrogen) atoms. The van der Waals surface area contributed by atoms with Crippen LogP contribution in [0, 0.1) is 13.8 Å². The highest BCUT2D eigenvalue weighted by molar-refractivity contribution is 7.86. The molecule has 1 aromatic rings. The van der Waals surface area contributed by atoms with Crippen LogP contribution in [0.2, 0.25) is 0 Å². The summed E-state index contributed by atoms with van der Waals surface area (Å²) >= 11 is 0. The lowest BCUT2D eigenvalue weighted by Gasteiger charge is -2.32. The number of piperidine rings is 1. The van der Waals surface area contributed by atoms with Crippen LogP contribution in [0.15, 0.2) is 12.1 Å². The van der Waals surface area contributed by atoms with Gasteiger partial charge in [-0.15, -0.1) is 0 Å². The molecular weight excluding hydrogens is 310 g/mol. The lowest BCUT2D eigenvalue weighted by Crippen LogP contribution is -2.41. The van der Waals surface area contributed by atoms with Crippen molar-refractivity contribution in [3.63, 3.8) is 0 Å². The summed E-state index contributed by atoms with van der Waals surface area (Å²) < 4.78 is 32.1. The first-order valence-electron chi connectivity index (χ1n) is 8.28. The van der Waals surface area contributed by atoms with E-state index in [0.29, 0.717) is 13.0 Å². The van der Waals surface area contributed by atoms with Crippen molar-refractivity contribution in [3.05, 3.63) is 34.4 Å². The molecule has 1 heterocycles. The van der Waals surface area contributed by atoms with Gasteiger partial charge in [-0.2, -0.15) is 8.42 Å². The Morgan fingerprint density at radius 1 is 1.22 bits per heavy atom. The zero-order valence-electron chi connectivity index (χ0n) is 14.9. The third kappa shape index (κ3) is 4.55. The molecule has 1 saturated heterocycles. The smallest absolute Gasteiger partial charge is 0.269 e. The number of benzene rings is 1. The van der Waals surface area contributed by atoms with Gasteiger partial charge in [0.2, 0.25) is 0 Å². The van der Waals surface area contributed by atoms with Crippen molar-refractivity contribution >= 4 is 10.1 Å². The standard InChI is InChI=1S/C18H29NO3S/c1-13-9-15(18(3,4)5)10-14(2)17(13)12-19-8-6-7-16(11-19)23(20,21)22/h9-10,16H,6-8,11-12H2,1-5H3,(H,20,21,22). The Kier molecular flexibility index (Phi) is 5.24. The predicted molar refractivity (Wildman–Crippen MR) is 94.5 cm³/mol. The summed E-state index contributed by atoms with van der Waals surface area (Å²) in [6.07, 6.45) is 1.36. The quantitative estimate of drug-likeness (QED) is 0.857. The first-order valence-corrected chi connectivity index (χ1v) is 9.78. The molecule has 0 bridgehead atoms. The molecule has 0 radical (unpaired) electrons. The lowest BCUT2D eigenvalue weighted by molar-refractivity contribution is 0.217. The lowest BCUT2D eigenvalue weighted by atomic mass is 9.83. The maximum Gasteiger partial charge on any atom is 0.269 e. The molecule has 1 fully saturated rings. The average Bonchev–Trinajstić information content (AvgIpc) is 2.41. The van der Waals surface area contributed by atoms with Gasteiger partial charge in [0.05, 0.1) is 5.25 Å². The van der Waals surface area contributed by atoms with E-state index in [0.717, 1.165) is 19.5 Å². The highest BCUT2D eigenvalue weighted by atomic mass is 32.2. The number of hydrogen-bond acceptors (Lipinski definition) is 3. The van der Waals surface area contributed by atoms with Gasteiger partial charge in [-0.05, 0) is 60.9 Å². The molecule has 0 saturated carbocycles. The van der Waals surface area contributed by atoms with Gasteiger partial charge in [-0.1, -0.05) is 32.9 Å². The summed E-state index contributed by atoms with van der Waals surface area (Å²) in [5, 5.41) is -0.647. The Balaban J connectivity index is 2.20. The van der Waals surface area contributed by atoms with E-state index >= 15 is 0 Å². The Morgan fingerprint density at radius 3 is 2.26 bits per heavy atom. The molecule has 5 heteroatoms. The maximum atomic E-state index is 11.4. The fourth-order valence-corrected chi connectivity index (χ4v) is 4.16. The van der Waals surface area contributed by atoms with E-state index in [1.54, 1.807) is 0 Å². The monoisotopic (exact) mass is 339 g/mol. The van der Waals surface area contributed by atoms with E-state index in [1.807, 2.05) is 0 Å². The second-order valence-electron chi connectivity index (χ2n) is 7.85. The minimum atomic E-state index is -3.94. The number of nitrogens with zero attached hydrogens (tertiary/aromatic N) is 1. The highest BCUT2D eigenvalue weighted by Gasteiger charge is 2.29. The van der Waals surface area contributed by atoms with Gasteiger partial charge in [0.25, 0.3) is 10.1 Å². The van der Waals surface area contributed by atoms with Crippen LogP contribution in [0.1, 0.15) is 55.9 Å². The summed E-state index contributed by atoms with van der Waals surface area (Å²) in [7, 11) is -3.94. The third-order valence-electron chi connectivity index (χ3n) is 4.83. The van der Waals surface area contributed by atoms with Crippen molar-refractivity contribution in [2.75, 3.05) is 13.1 Å². The topological polar surface area (TPSA) is 57.6 Å². The van der Waals surface area contributed by atoms with Gasteiger partial charge in [-0.25, -0.2) is 0 Å². The zero-order chi connectivity index (χ0) is 17.4. The van der Waals surface area contributed by atoms with Gasteiger partial charge in [0, 0.05) is 13.1 Å². The Labute approximate surface area is 140 Å². The molecule has 1 atom stereocenters. The number of likely N-dealkylation sites (tertiary alicyclic amines) is 1. The molecule has 2 rings (SSSR count). The summed E-state index contributed by atoms with van der Waals surface area (Å²) in [4.78, 5) is 2.15. The SMILES string of the molecule is Cc1cc(C(C)(C)C)cc(C)c1CN1CCCC(S(=O)(=O)O)C1. The zero-order valence-corrected chi connectivity index (χ0v) is 15.7. The minimum absolute atomic E-state index is 0.120. The van der Waals surface area contributed by atoms with E-state index in [-0.39, 0.29) is 5.41 Å². The second-order valence-corrected chi connectivity index (χ2v) is 9.55. The van der Waals surface area contributed by atoms with Gasteiger partial charge in [-0.3, -0.25) is 9.45 Å². The van der Waals surface area contributed by atoms with Crippen molar-refractivity contribution in [2.24, 2.45) is 0 Å². The molecule has 1 aliphatic heterocycles. The fourth-order valence-electron chi connectivity index (χ4n) is 3.30. The van der Waals surface area contributed by atoms with Crippen molar-refractivity contribution in [1.82, 2.24) is 4.90 Å². The van der Waals surface area contributed by atoms with Crippen LogP contribution in [0.4, 0.5) is 0 Å². The Hall–Kier alpha value is -0.910. The molecule has 0 amide bonds. The molecular formula is C18H29NO3S. The number of rotatable bonds is 3. The molecule has 1 aromatic carbocycles. The molecule has 1 aliphatic rings. The first-order chi connectivity index (χ1) is 10.5. The normalized spacial score (nSPS) is 20.7. The van der Waals surface area contributed by atoms with E-state index in [2.05, 4.69) is 51.7 Å². The Bertz CT molecular complexity index is 651. The van der Waals surface area contributed by atoms with Gasteiger partial charge in [0.1, 0.15) is 0 Å². The molecule has 0 aromatic heterocycles. The average molecular weight is 340 g/mol. The van der Waals surface area contributed by atoms with E-state index in [4.69, 9.17) is 0 Å². The summed E-state index contributed by atoms with van der Waals surface area (Å²) in [5.74, 6) is 0. The number of aryl methyl sites for hydroxylation is 2. The van der Waals surface area contributed by atoms with E-state index < -0.39 is 15.4 Å². The van der Waals surface area contributed by atoms with Gasteiger partial charge < -0.3 is 0 Å². The van der Waals surface area contributed by atoms with Gasteiger partial charge >= 0.3 is 0 Å². The van der Waals surface area contributed by atoms with Crippen molar-refractivity contribution in [1.29, 1.82) is 0 Å². The molecule has 0 spiro atoms. The molecule has 1 N–H and O–H groups in total. The minimum Gasteiger partial charge on any atom is -0.298 e. The van der Waals surface area contributed by atoms with E-state index in [1.165, 1.54) is 22.3 Å². The molecule has 1 unspecified atom stereocenters. The van der Waals surface area contributed by atoms with Crippen molar-refractivity contribution in [3.8, 4) is 0 Å². The summed E-state index contributed by atoms with van der Waals surface area (Å²) in [5.41, 5.74) is 5.22. The summed E-state index contributed by atoms with van der Waals surface area (Å²) in [6.45, 7) is 12.9. The Morgan fingerprint density at radius 2 is 1.78 bits per heavy atom. The third-order valence-corrected chi connectivity index (χ3v) is 6.05. The maximum absolute atomic E-state index is 11.4. The second kappa shape index (κ2) is 6.54. The first kappa shape index (κ1) is 18.4. The molecule has 4 nitrogen and oxygen atoms in total. The molecule has 0 aliphatic carbocycles. The van der Waals surface area contributed by atoms with Crippen LogP contribution in [0.25, 0.3) is 0 Å². The van der Waals surface area contributed by atoms with Crippen LogP contribution >= 0.6 is 0 Å². The van der Waals surface area contributed by atoms with Crippen LogP contribution in [0.3, 0.4) is 0 Å². The highest BCUT2D eigenvalue weighted by Crippen LogP contribution is 2.28. The van der Waals surface area contributed by atoms with Crippen LogP contribution in [0.5, 0.6) is 0 Å². The largest absolute Gasteiger partial charge is 0.298 e. The van der Waals surface area contributed by atoms with Crippen LogP contribution < -0.4 is 0 Å². The van der Waals surface area contributed by atoms with Crippen molar-refractivity contribution < 1.29 is 13.0 Å². The fraction of sp³-hybridized carbons (Fsp3) is 0.667. The van der Waals surface area contributed by atoms with E-state index in [9.17, 15) is 13.0 Å². The van der Waals surface area contributed by atoms with Crippen LogP contribution in [-0.4, -0.2) is 36.2 Å². The van der Waals surface area contributed by atoms with Gasteiger partial charge in [0.15, 0.2) is 0 Å². The van der Waals surface area contributed by atoms with Crippen molar-refractivity contribution in [2.45, 2.75) is 64.7 Å². The number of hydrogen-bond donors (Lipinski definition) is 1. The van der Waals surface area contributed by atoms with Crippen LogP contribution in [-0.2, 0) is 22.1 Å². The predicted octanol–water partition coefficient (Wildman–Crippen LogP) is 3.45.